The normalized spacial score (nSPS) is 3.27. The molecule has 6 nitrogen and oxygen atoms in total. The second kappa shape index (κ2) is 62.3. The van der Waals surface area contributed by atoms with Crippen molar-refractivity contribution in [2.45, 2.75) is 0 Å². The van der Waals surface area contributed by atoms with Gasteiger partial charge in [0.2, 0.25) is 0 Å². The first kappa shape index (κ1) is 29.4. The minimum atomic E-state index is -2.19. The van der Waals surface area contributed by atoms with Gasteiger partial charge in [0, 0.05) is 0 Å². The molecule has 61 valence electrons. The molecule has 0 saturated carbocycles. The Bertz CT molecular complexity index is 54.6. The van der Waals surface area contributed by atoms with Gasteiger partial charge >= 0.3 is 106 Å². The summed E-state index contributed by atoms with van der Waals surface area (Å²) in [6, 6.07) is 0. The van der Waals surface area contributed by atoms with Gasteiger partial charge in [-0.25, -0.2) is 0 Å². The maximum absolute atomic E-state index is 8.53. The predicted octanol–water partition coefficient (Wildman–Crippen LogP) is -8.87. The molecule has 0 rings (SSSR count). The molecule has 11 heteroatoms. The van der Waals surface area contributed by atoms with Gasteiger partial charge in [-0.3, -0.25) is 0 Å². The van der Waals surface area contributed by atoms with Gasteiger partial charge in [-0.2, -0.15) is 0 Å². The molecular formula is H3CoGe3LiO6. The Morgan fingerprint density at radius 1 is 0.727 bits per heavy atom. The monoisotopic (exact) mass is 387 g/mol. The van der Waals surface area contributed by atoms with E-state index >= 15 is 0 Å². The molecule has 0 N–H and O–H groups in total. The van der Waals surface area contributed by atoms with Crippen LogP contribution in [0.2, 0.25) is 0 Å². The van der Waals surface area contributed by atoms with Gasteiger partial charge in [-0.15, -0.1) is 0 Å². The zero-order valence-corrected chi connectivity index (χ0v) is 13.8. The fraction of sp³-hybridized carbons (Fsp3) is 0. The van der Waals surface area contributed by atoms with Gasteiger partial charge in [-0.1, -0.05) is 0 Å². The van der Waals surface area contributed by atoms with Crippen molar-refractivity contribution < 1.29 is 59.4 Å². The van der Waals surface area contributed by atoms with Gasteiger partial charge in [0.15, 0.2) is 0 Å². The van der Waals surface area contributed by atoms with Gasteiger partial charge in [0.05, 0.1) is 0 Å². The molecule has 0 bridgehead atoms. The molecule has 0 aromatic carbocycles. The molecule has 0 saturated heterocycles. The zero-order chi connectivity index (χ0) is 8.12. The van der Waals surface area contributed by atoms with Crippen LogP contribution in [-0.4, -0.2) is 47.1 Å². The molecule has 0 amide bonds. The molecule has 0 spiro atoms. The Balaban J connectivity index is -0.0000000150. The van der Waals surface area contributed by atoms with Crippen molar-refractivity contribution >= 4 is 47.1 Å². The second-order valence-electron chi connectivity index (χ2n) is 0.289. The fourth-order valence-corrected chi connectivity index (χ4v) is 0. The molecular weight excluding hydrogens is 380 g/mol. The second-order valence-corrected chi connectivity index (χ2v) is 1.50. The third kappa shape index (κ3) is 446. The van der Waals surface area contributed by atoms with E-state index in [0.717, 1.165) is 0 Å². The quantitative estimate of drug-likeness (QED) is 0.384. The van der Waals surface area contributed by atoms with Crippen LogP contribution in [0.4, 0.5) is 0 Å². The molecule has 0 atom stereocenters. The molecule has 0 unspecified atom stereocenters. The van der Waals surface area contributed by atoms with Crippen molar-refractivity contribution in [1.29, 1.82) is 0 Å². The summed E-state index contributed by atoms with van der Waals surface area (Å²) in [7, 11) is 0. The van der Waals surface area contributed by atoms with E-state index in [-0.39, 0.29) is 35.6 Å². The molecule has 0 heterocycles. The summed E-state index contributed by atoms with van der Waals surface area (Å²) in [5.74, 6) is 0. The first-order valence-electron chi connectivity index (χ1n) is 1.41. The number of hydrogen-bond donors (Lipinski definition) is 0. The first-order chi connectivity index (χ1) is 4.24. The Morgan fingerprint density at radius 2 is 0.727 bits per heavy atom. The predicted molar refractivity (Wildman–Crippen MR) is 23.5 cm³/mol. The van der Waals surface area contributed by atoms with Crippen LogP contribution in [-0.2, 0) is 28.1 Å². The van der Waals surface area contributed by atoms with Crippen molar-refractivity contribution in [1.82, 2.24) is 0 Å². The van der Waals surface area contributed by atoms with Gasteiger partial charge < -0.3 is 0 Å². The van der Waals surface area contributed by atoms with E-state index in [4.69, 9.17) is 23.7 Å². The van der Waals surface area contributed by atoms with Crippen molar-refractivity contribution in [2.24, 2.45) is 0 Å². The van der Waals surface area contributed by atoms with Gasteiger partial charge in [0.25, 0.3) is 0 Å². The van der Waals surface area contributed by atoms with E-state index in [1.54, 1.807) is 0 Å². The standard InChI is InChI=1S/Co.3GeHO2.Li/c;3*2-1-3;/h;3*1H;/q+2;3*-1;+1. The molecule has 0 aromatic rings. The third-order valence-corrected chi connectivity index (χ3v) is 0. The van der Waals surface area contributed by atoms with Crippen LogP contribution in [0.3, 0.4) is 0 Å². The summed E-state index contributed by atoms with van der Waals surface area (Å²) in [4.78, 5) is 0. The minimum absolute atomic E-state index is 0. The molecule has 11 heavy (non-hydrogen) atoms. The average Bonchev–Trinajstić information content (AvgIpc) is 1.70. The van der Waals surface area contributed by atoms with Crippen molar-refractivity contribution in [3.05, 3.63) is 0 Å². The Kier molecular flexibility index (Phi) is 166. The first-order valence-corrected chi connectivity index (χ1v) is 7.35. The van der Waals surface area contributed by atoms with Crippen molar-refractivity contribution in [2.75, 3.05) is 0 Å². The summed E-state index contributed by atoms with van der Waals surface area (Å²) in [6.45, 7) is 0. The summed E-state index contributed by atoms with van der Waals surface area (Å²) >= 11 is -6.56. The molecule has 0 fully saturated rings. The Labute approximate surface area is 105 Å². The summed E-state index contributed by atoms with van der Waals surface area (Å²) in [5, 5.41) is 0. The van der Waals surface area contributed by atoms with E-state index < -0.39 is 47.1 Å². The van der Waals surface area contributed by atoms with Crippen LogP contribution in [0.25, 0.3) is 0 Å². The summed E-state index contributed by atoms with van der Waals surface area (Å²) < 4.78 is 51.2. The van der Waals surface area contributed by atoms with E-state index in [1.807, 2.05) is 0 Å². The molecule has 0 aliphatic carbocycles. The Hall–Kier alpha value is 1.53. The molecule has 0 aliphatic heterocycles. The van der Waals surface area contributed by atoms with E-state index in [0.29, 0.717) is 0 Å². The zero-order valence-electron chi connectivity index (χ0n) is 5.51. The number of hydrogen-bond acceptors (Lipinski definition) is 6. The van der Waals surface area contributed by atoms with E-state index in [9.17, 15) is 0 Å². The topological polar surface area (TPSA) is 120 Å². The van der Waals surface area contributed by atoms with Gasteiger partial charge in [0.1, 0.15) is 0 Å². The summed E-state index contributed by atoms with van der Waals surface area (Å²) in [5.41, 5.74) is 0. The molecule has 1 radical (unpaired) electrons. The Morgan fingerprint density at radius 3 is 0.727 bits per heavy atom. The van der Waals surface area contributed by atoms with Crippen LogP contribution >= 0.6 is 0 Å². The molecule has 0 aliphatic rings. The van der Waals surface area contributed by atoms with E-state index in [1.165, 1.54) is 0 Å². The van der Waals surface area contributed by atoms with Gasteiger partial charge in [-0.05, 0) is 0 Å². The summed E-state index contributed by atoms with van der Waals surface area (Å²) in [6.07, 6.45) is 0. The van der Waals surface area contributed by atoms with E-state index in [2.05, 4.69) is 0 Å². The third-order valence-electron chi connectivity index (χ3n) is 0. The number of rotatable bonds is 0. The van der Waals surface area contributed by atoms with Crippen LogP contribution < -0.4 is 31.3 Å². The van der Waals surface area contributed by atoms with Crippen LogP contribution in [0.15, 0.2) is 0 Å². The van der Waals surface area contributed by atoms with Crippen molar-refractivity contribution in [3.8, 4) is 0 Å². The van der Waals surface area contributed by atoms with Crippen LogP contribution in [0.1, 0.15) is 0 Å². The molecule has 0 aromatic heterocycles. The van der Waals surface area contributed by atoms with Crippen molar-refractivity contribution in [3.63, 3.8) is 0 Å². The van der Waals surface area contributed by atoms with Crippen LogP contribution in [0.5, 0.6) is 0 Å². The average molecular weight is 383 g/mol. The fourth-order valence-electron chi connectivity index (χ4n) is 0. The van der Waals surface area contributed by atoms with Crippen LogP contribution in [0, 0.1) is 0 Å². The SMILES string of the molecule is [Co+2].[Li+].[O]=[GeH][O-].[O]=[GeH][O-].[O]=[GeH][O-]. The maximum atomic E-state index is 8.53.